The molecule has 0 aliphatic rings. The van der Waals surface area contributed by atoms with Crippen molar-refractivity contribution in [2.45, 2.75) is 181 Å². The summed E-state index contributed by atoms with van der Waals surface area (Å²) in [6.07, 6.45) is 24.1. The number of phenols is 1. The molecule has 2 atom stereocenters. The molecule has 0 spiro atoms. The summed E-state index contributed by atoms with van der Waals surface area (Å²) in [6.45, 7) is 16.1. The first-order chi connectivity index (χ1) is 16.7. The Morgan fingerprint density at radius 3 is 1.20 bits per heavy atom. The van der Waals surface area contributed by atoms with Gasteiger partial charge in [0, 0.05) is 0 Å². The molecule has 2 unspecified atom stereocenters. The number of unbranched alkanes of at least 4 members (excludes halogenated alkanes) is 14. The highest BCUT2D eigenvalue weighted by Gasteiger charge is 2.23. The summed E-state index contributed by atoms with van der Waals surface area (Å²) >= 11 is 0. The largest absolute Gasteiger partial charge is 0.507 e. The molecule has 0 bridgehead atoms. The third kappa shape index (κ3) is 13.2. The van der Waals surface area contributed by atoms with Crippen LogP contribution in [-0.4, -0.2) is 5.11 Å². The Balaban J connectivity index is 2.67. The molecule has 1 aromatic carbocycles. The molecule has 1 nitrogen and oxygen atoms in total. The fourth-order valence-electron chi connectivity index (χ4n) is 5.34. The molecule has 0 aliphatic carbocycles. The highest BCUT2D eigenvalue weighted by molar-refractivity contribution is 5.48. The van der Waals surface area contributed by atoms with E-state index in [4.69, 9.17) is 0 Å². The summed E-state index contributed by atoms with van der Waals surface area (Å²) in [5.41, 5.74) is 3.87. The molecular formula is C34H62O. The monoisotopic (exact) mass is 486 g/mol. The van der Waals surface area contributed by atoms with Gasteiger partial charge in [0.05, 0.1) is 0 Å². The molecule has 0 radical (unpaired) electrons. The van der Waals surface area contributed by atoms with Gasteiger partial charge in [0.2, 0.25) is 0 Å². The standard InChI is InChI=1S/C34H62O/c1-8-10-12-14-16-18-20-22-24-28(3)31-26-30(34(5,6)7)27-32(33(31)35)29(4)25-23-21-19-17-15-13-11-9-2/h26-29,35H,8-25H2,1-7H3. The van der Waals surface area contributed by atoms with Crippen molar-refractivity contribution in [2.75, 3.05) is 0 Å². The molecule has 1 aromatic rings. The number of hydrogen-bond acceptors (Lipinski definition) is 1. The molecule has 0 amide bonds. The Labute approximate surface area is 220 Å². The molecule has 0 heterocycles. The highest BCUT2D eigenvalue weighted by atomic mass is 16.3. The van der Waals surface area contributed by atoms with Gasteiger partial charge in [-0.15, -0.1) is 0 Å². The average Bonchev–Trinajstić information content (AvgIpc) is 2.81. The molecule has 1 heteroatoms. The van der Waals surface area contributed by atoms with Gasteiger partial charge in [-0.05, 0) is 46.8 Å². The lowest BCUT2D eigenvalue weighted by molar-refractivity contribution is 0.439. The van der Waals surface area contributed by atoms with Crippen LogP contribution in [0.3, 0.4) is 0 Å². The van der Waals surface area contributed by atoms with Gasteiger partial charge >= 0.3 is 0 Å². The molecule has 0 aliphatic heterocycles. The predicted octanol–water partition coefficient (Wildman–Crippen LogP) is 12.0. The zero-order chi connectivity index (χ0) is 26.1. The number of rotatable bonds is 20. The molecular weight excluding hydrogens is 424 g/mol. The fraction of sp³-hybridized carbons (Fsp3) is 0.824. The van der Waals surface area contributed by atoms with Gasteiger partial charge in [-0.25, -0.2) is 0 Å². The van der Waals surface area contributed by atoms with Gasteiger partial charge in [-0.3, -0.25) is 0 Å². The van der Waals surface area contributed by atoms with Crippen LogP contribution in [0.25, 0.3) is 0 Å². The van der Waals surface area contributed by atoms with Crippen LogP contribution in [0.1, 0.15) is 193 Å². The Kier molecular flexibility index (Phi) is 16.8. The van der Waals surface area contributed by atoms with E-state index >= 15 is 0 Å². The Bertz CT molecular complexity index is 606. The van der Waals surface area contributed by atoms with E-state index < -0.39 is 0 Å². The minimum Gasteiger partial charge on any atom is -0.507 e. The summed E-state index contributed by atoms with van der Waals surface area (Å²) < 4.78 is 0. The van der Waals surface area contributed by atoms with E-state index in [1.807, 2.05) is 0 Å². The van der Waals surface area contributed by atoms with Crippen molar-refractivity contribution in [2.24, 2.45) is 0 Å². The number of benzene rings is 1. The van der Waals surface area contributed by atoms with Gasteiger partial charge in [-0.1, -0.05) is 163 Å². The van der Waals surface area contributed by atoms with E-state index in [0.717, 1.165) is 0 Å². The molecule has 0 fully saturated rings. The lowest BCUT2D eigenvalue weighted by Crippen LogP contribution is -2.14. The fourth-order valence-corrected chi connectivity index (χ4v) is 5.34. The molecule has 204 valence electrons. The Hall–Kier alpha value is -0.980. The molecule has 0 aromatic heterocycles. The quantitative estimate of drug-likeness (QED) is 0.182. The van der Waals surface area contributed by atoms with Gasteiger partial charge in [0.1, 0.15) is 5.75 Å². The summed E-state index contributed by atoms with van der Waals surface area (Å²) in [5.74, 6) is 1.44. The van der Waals surface area contributed by atoms with Crippen molar-refractivity contribution in [3.8, 4) is 5.75 Å². The van der Waals surface area contributed by atoms with E-state index in [2.05, 4.69) is 60.6 Å². The van der Waals surface area contributed by atoms with Crippen molar-refractivity contribution < 1.29 is 5.11 Å². The Morgan fingerprint density at radius 1 is 0.571 bits per heavy atom. The summed E-state index contributed by atoms with van der Waals surface area (Å²) in [5, 5.41) is 11.4. The van der Waals surface area contributed by atoms with Crippen molar-refractivity contribution in [3.05, 3.63) is 28.8 Å². The van der Waals surface area contributed by atoms with Gasteiger partial charge in [0.25, 0.3) is 0 Å². The predicted molar refractivity (Wildman–Crippen MR) is 158 cm³/mol. The van der Waals surface area contributed by atoms with Gasteiger partial charge in [0.15, 0.2) is 0 Å². The molecule has 0 saturated heterocycles. The number of phenolic OH excluding ortho intramolecular Hbond substituents is 1. The zero-order valence-corrected chi connectivity index (χ0v) is 25.0. The molecule has 1 N–H and O–H groups in total. The van der Waals surface area contributed by atoms with Crippen LogP contribution < -0.4 is 0 Å². The highest BCUT2D eigenvalue weighted by Crippen LogP contribution is 2.41. The van der Waals surface area contributed by atoms with E-state index in [9.17, 15) is 5.11 Å². The first-order valence-electron chi connectivity index (χ1n) is 15.6. The summed E-state index contributed by atoms with van der Waals surface area (Å²) in [4.78, 5) is 0. The van der Waals surface area contributed by atoms with Crippen LogP contribution in [0.2, 0.25) is 0 Å². The third-order valence-corrected chi connectivity index (χ3v) is 8.08. The van der Waals surface area contributed by atoms with E-state index in [1.165, 1.54) is 132 Å². The first kappa shape index (κ1) is 32.0. The summed E-state index contributed by atoms with van der Waals surface area (Å²) in [7, 11) is 0. The van der Waals surface area contributed by atoms with Crippen LogP contribution in [0.4, 0.5) is 0 Å². The second kappa shape index (κ2) is 18.3. The lowest BCUT2D eigenvalue weighted by atomic mass is 9.79. The zero-order valence-electron chi connectivity index (χ0n) is 25.0. The minimum absolute atomic E-state index is 0.105. The van der Waals surface area contributed by atoms with E-state index in [0.29, 0.717) is 17.6 Å². The first-order valence-corrected chi connectivity index (χ1v) is 15.6. The summed E-state index contributed by atoms with van der Waals surface area (Å²) in [6, 6.07) is 4.63. The topological polar surface area (TPSA) is 20.2 Å². The normalized spacial score (nSPS) is 13.8. The smallest absolute Gasteiger partial charge is 0.122 e. The van der Waals surface area contributed by atoms with Crippen LogP contribution in [-0.2, 0) is 5.41 Å². The van der Waals surface area contributed by atoms with Crippen LogP contribution in [0.5, 0.6) is 5.75 Å². The lowest BCUT2D eigenvalue weighted by Gasteiger charge is -2.26. The second-order valence-electron chi connectivity index (χ2n) is 12.6. The van der Waals surface area contributed by atoms with E-state index in [-0.39, 0.29) is 5.41 Å². The number of hydrogen-bond donors (Lipinski definition) is 1. The maximum atomic E-state index is 11.4. The van der Waals surface area contributed by atoms with Gasteiger partial charge < -0.3 is 5.11 Å². The van der Waals surface area contributed by atoms with E-state index in [1.54, 1.807) is 0 Å². The van der Waals surface area contributed by atoms with Crippen LogP contribution >= 0.6 is 0 Å². The maximum Gasteiger partial charge on any atom is 0.122 e. The maximum absolute atomic E-state index is 11.4. The van der Waals surface area contributed by atoms with Crippen molar-refractivity contribution in [1.29, 1.82) is 0 Å². The van der Waals surface area contributed by atoms with Gasteiger partial charge in [-0.2, -0.15) is 0 Å². The molecule has 1 rings (SSSR count). The van der Waals surface area contributed by atoms with Crippen LogP contribution in [0, 0.1) is 0 Å². The molecule has 35 heavy (non-hydrogen) atoms. The second-order valence-corrected chi connectivity index (χ2v) is 12.6. The van der Waals surface area contributed by atoms with Crippen molar-refractivity contribution in [1.82, 2.24) is 0 Å². The Morgan fingerprint density at radius 2 is 0.886 bits per heavy atom. The van der Waals surface area contributed by atoms with Crippen LogP contribution in [0.15, 0.2) is 12.1 Å². The SMILES string of the molecule is CCCCCCCCCCC(C)c1cc(C(C)(C)C)cc(C(C)CCCCCCCCCC)c1O. The third-order valence-electron chi connectivity index (χ3n) is 8.08. The molecule has 0 saturated carbocycles. The number of aromatic hydroxyl groups is 1. The van der Waals surface area contributed by atoms with Crippen molar-refractivity contribution >= 4 is 0 Å². The average molecular weight is 487 g/mol. The van der Waals surface area contributed by atoms with Crippen molar-refractivity contribution in [3.63, 3.8) is 0 Å². The minimum atomic E-state index is 0.105.